The second-order valence-corrected chi connectivity index (χ2v) is 6.15. The van der Waals surface area contributed by atoms with E-state index in [0.29, 0.717) is 23.4 Å². The van der Waals surface area contributed by atoms with Crippen LogP contribution < -0.4 is 15.4 Å². The zero-order valence-electron chi connectivity index (χ0n) is 12.0. The van der Waals surface area contributed by atoms with E-state index in [0.717, 1.165) is 0 Å². The second-order valence-electron chi connectivity index (χ2n) is 6.15. The maximum absolute atomic E-state index is 12.3. The molecule has 0 bridgehead atoms. The van der Waals surface area contributed by atoms with E-state index in [9.17, 15) is 14.7 Å². The van der Waals surface area contributed by atoms with Crippen molar-refractivity contribution in [1.82, 2.24) is 5.32 Å². The van der Waals surface area contributed by atoms with Gasteiger partial charge in [0, 0.05) is 17.0 Å². The molecule has 0 saturated heterocycles. The first-order valence-electron chi connectivity index (χ1n) is 6.93. The Morgan fingerprint density at radius 1 is 1.48 bits per heavy atom. The van der Waals surface area contributed by atoms with Gasteiger partial charge in [-0.05, 0) is 24.6 Å². The number of carbonyl (C=O) groups is 2. The molecule has 1 aromatic rings. The Hall–Kier alpha value is -2.08. The molecular formula is C15H18N2O4. The molecule has 1 aliphatic carbocycles. The number of carbonyl (C=O) groups excluding carboxylic acids is 2. The lowest BCUT2D eigenvalue weighted by atomic mass is 9.64. The molecule has 21 heavy (non-hydrogen) atoms. The quantitative estimate of drug-likeness (QED) is 0.755. The zero-order valence-corrected chi connectivity index (χ0v) is 12.0. The van der Waals surface area contributed by atoms with Crippen molar-refractivity contribution in [1.29, 1.82) is 0 Å². The van der Waals surface area contributed by atoms with Crippen LogP contribution in [-0.2, 0) is 4.79 Å². The fourth-order valence-electron chi connectivity index (χ4n) is 2.60. The summed E-state index contributed by atoms with van der Waals surface area (Å²) >= 11 is 0. The van der Waals surface area contributed by atoms with Crippen LogP contribution in [-0.4, -0.2) is 35.7 Å². The molecule has 3 rings (SSSR count). The van der Waals surface area contributed by atoms with Crippen molar-refractivity contribution in [2.75, 3.05) is 11.9 Å². The third-order valence-electron chi connectivity index (χ3n) is 4.40. The highest BCUT2D eigenvalue weighted by Crippen LogP contribution is 2.40. The number of rotatable bonds is 2. The number of ether oxygens (including phenoxy) is 1. The van der Waals surface area contributed by atoms with Gasteiger partial charge in [-0.3, -0.25) is 9.59 Å². The molecule has 0 spiro atoms. The number of nitrogens with one attached hydrogen (secondary N) is 2. The molecule has 1 saturated carbocycles. The Kier molecular flexibility index (Phi) is 3.13. The van der Waals surface area contributed by atoms with Gasteiger partial charge in [0.1, 0.15) is 5.75 Å². The van der Waals surface area contributed by atoms with Crippen LogP contribution in [0.25, 0.3) is 0 Å². The van der Waals surface area contributed by atoms with Crippen molar-refractivity contribution < 1.29 is 19.4 Å². The molecular weight excluding hydrogens is 272 g/mol. The average Bonchev–Trinajstić information content (AvgIpc) is 2.46. The Morgan fingerprint density at radius 3 is 2.90 bits per heavy atom. The van der Waals surface area contributed by atoms with E-state index in [2.05, 4.69) is 10.6 Å². The van der Waals surface area contributed by atoms with Gasteiger partial charge in [-0.1, -0.05) is 13.8 Å². The van der Waals surface area contributed by atoms with E-state index in [4.69, 9.17) is 4.74 Å². The molecule has 2 aliphatic rings. The van der Waals surface area contributed by atoms with Crippen molar-refractivity contribution >= 4 is 17.5 Å². The minimum absolute atomic E-state index is 0.0417. The van der Waals surface area contributed by atoms with E-state index >= 15 is 0 Å². The summed E-state index contributed by atoms with van der Waals surface area (Å²) < 4.78 is 5.30. The van der Waals surface area contributed by atoms with Crippen molar-refractivity contribution in [2.45, 2.75) is 32.4 Å². The number of hydrogen-bond donors (Lipinski definition) is 3. The summed E-state index contributed by atoms with van der Waals surface area (Å²) in [6.07, 6.45) is 0.181. The zero-order chi connectivity index (χ0) is 15.2. The van der Waals surface area contributed by atoms with Crippen LogP contribution in [0.2, 0.25) is 0 Å². The van der Waals surface area contributed by atoms with Crippen molar-refractivity contribution in [2.24, 2.45) is 5.41 Å². The molecule has 2 amide bonds. The molecule has 1 aliphatic heterocycles. The van der Waals surface area contributed by atoms with Crippen LogP contribution in [0.15, 0.2) is 18.2 Å². The molecule has 2 unspecified atom stereocenters. The molecule has 0 radical (unpaired) electrons. The number of anilines is 1. The summed E-state index contributed by atoms with van der Waals surface area (Å²) in [7, 11) is 0. The van der Waals surface area contributed by atoms with Crippen LogP contribution in [0.5, 0.6) is 5.75 Å². The van der Waals surface area contributed by atoms with Crippen molar-refractivity contribution in [3.05, 3.63) is 23.8 Å². The lowest BCUT2D eigenvalue weighted by Gasteiger charge is -2.49. The van der Waals surface area contributed by atoms with Gasteiger partial charge in [0.25, 0.3) is 11.8 Å². The van der Waals surface area contributed by atoms with Crippen LogP contribution in [0.3, 0.4) is 0 Å². The number of hydrogen-bond acceptors (Lipinski definition) is 4. The molecule has 112 valence electrons. The van der Waals surface area contributed by atoms with Crippen LogP contribution >= 0.6 is 0 Å². The monoisotopic (exact) mass is 290 g/mol. The van der Waals surface area contributed by atoms with Gasteiger partial charge >= 0.3 is 0 Å². The molecule has 6 nitrogen and oxygen atoms in total. The van der Waals surface area contributed by atoms with Gasteiger partial charge in [-0.2, -0.15) is 0 Å². The van der Waals surface area contributed by atoms with Gasteiger partial charge in [-0.15, -0.1) is 0 Å². The smallest absolute Gasteiger partial charge is 0.262 e. The van der Waals surface area contributed by atoms with E-state index in [1.54, 1.807) is 18.2 Å². The van der Waals surface area contributed by atoms with Crippen LogP contribution in [0, 0.1) is 5.41 Å². The maximum Gasteiger partial charge on any atom is 0.262 e. The molecule has 3 N–H and O–H groups in total. The average molecular weight is 290 g/mol. The number of aliphatic hydroxyl groups is 1. The molecule has 1 aromatic carbocycles. The summed E-state index contributed by atoms with van der Waals surface area (Å²) in [5, 5.41) is 15.3. The van der Waals surface area contributed by atoms with E-state index in [1.807, 2.05) is 13.8 Å². The van der Waals surface area contributed by atoms with E-state index in [-0.39, 0.29) is 36.0 Å². The molecule has 0 aromatic heterocycles. The number of amides is 2. The fraction of sp³-hybridized carbons (Fsp3) is 0.467. The third-order valence-corrected chi connectivity index (χ3v) is 4.40. The lowest BCUT2D eigenvalue weighted by molar-refractivity contribution is -0.118. The minimum Gasteiger partial charge on any atom is -0.482 e. The highest BCUT2D eigenvalue weighted by Gasteiger charge is 2.48. The summed E-state index contributed by atoms with van der Waals surface area (Å²) in [4.78, 5) is 23.5. The maximum atomic E-state index is 12.3. The van der Waals surface area contributed by atoms with E-state index < -0.39 is 0 Å². The number of fused-ring (bicyclic) bond motifs is 1. The Labute approximate surface area is 122 Å². The SMILES string of the molecule is CC1(C)C(O)CC1NC(=O)c1ccc2c(c1)OCC(=O)N2. The second kappa shape index (κ2) is 4.73. The topological polar surface area (TPSA) is 87.7 Å². The van der Waals surface area contributed by atoms with Gasteiger partial charge < -0.3 is 20.5 Å². The first-order chi connectivity index (χ1) is 9.88. The highest BCUT2D eigenvalue weighted by molar-refractivity contribution is 5.99. The number of aliphatic hydroxyl groups excluding tert-OH is 1. The van der Waals surface area contributed by atoms with Crippen molar-refractivity contribution in [3.8, 4) is 5.75 Å². The van der Waals surface area contributed by atoms with Gasteiger partial charge in [0.15, 0.2) is 6.61 Å². The first-order valence-corrected chi connectivity index (χ1v) is 6.93. The normalized spacial score (nSPS) is 26.0. The summed E-state index contributed by atoms with van der Waals surface area (Å²) in [6, 6.07) is 4.87. The number of benzene rings is 1. The Morgan fingerprint density at radius 2 is 2.24 bits per heavy atom. The van der Waals surface area contributed by atoms with Gasteiger partial charge in [0.05, 0.1) is 11.8 Å². The predicted octanol–water partition coefficient (Wildman–Crippen LogP) is 0.907. The largest absolute Gasteiger partial charge is 0.482 e. The van der Waals surface area contributed by atoms with Gasteiger partial charge in [-0.25, -0.2) is 0 Å². The standard InChI is InChI=1S/C15H18N2O4/c1-15(2)11(6-12(15)18)17-14(20)8-3-4-9-10(5-8)21-7-13(19)16-9/h3-5,11-12,18H,6-7H2,1-2H3,(H,16,19)(H,17,20). The summed E-state index contributed by atoms with van der Waals surface area (Å²) in [6.45, 7) is 3.81. The molecule has 1 fully saturated rings. The predicted molar refractivity (Wildman–Crippen MR) is 76.2 cm³/mol. The Balaban J connectivity index is 1.73. The first kappa shape index (κ1) is 13.9. The van der Waals surface area contributed by atoms with Crippen LogP contribution in [0.1, 0.15) is 30.6 Å². The fourth-order valence-corrected chi connectivity index (χ4v) is 2.60. The minimum atomic E-state index is -0.384. The summed E-state index contributed by atoms with van der Waals surface area (Å²) in [5.74, 6) is 0.0864. The molecule has 6 heteroatoms. The van der Waals surface area contributed by atoms with E-state index in [1.165, 1.54) is 0 Å². The third kappa shape index (κ3) is 2.35. The summed E-state index contributed by atoms with van der Waals surface area (Å²) in [5.41, 5.74) is 0.734. The van der Waals surface area contributed by atoms with Crippen LogP contribution in [0.4, 0.5) is 5.69 Å². The highest BCUT2D eigenvalue weighted by atomic mass is 16.5. The molecule has 1 heterocycles. The Bertz CT molecular complexity index is 612. The van der Waals surface area contributed by atoms with Crippen molar-refractivity contribution in [3.63, 3.8) is 0 Å². The lowest BCUT2D eigenvalue weighted by Crippen LogP contribution is -2.61. The molecule has 2 atom stereocenters. The van der Waals surface area contributed by atoms with Gasteiger partial charge in [0.2, 0.25) is 0 Å².